The van der Waals surface area contributed by atoms with Crippen LogP contribution in [0.1, 0.15) is 50.8 Å². The van der Waals surface area contributed by atoms with Gasteiger partial charge in [0, 0.05) is 6.42 Å². The van der Waals surface area contributed by atoms with Crippen LogP contribution in [0.15, 0.2) is 48.5 Å². The van der Waals surface area contributed by atoms with E-state index in [-0.39, 0.29) is 11.9 Å². The average Bonchev–Trinajstić information content (AvgIpc) is 2.70. The Balaban J connectivity index is 1.79. The van der Waals surface area contributed by atoms with Crippen molar-refractivity contribution in [3.05, 3.63) is 59.7 Å². The Hall–Kier alpha value is -2.49. The third-order valence-corrected chi connectivity index (χ3v) is 4.61. The summed E-state index contributed by atoms with van der Waals surface area (Å²) in [6, 6.07) is 16.0. The summed E-state index contributed by atoms with van der Waals surface area (Å²) in [5.74, 6) is 1.98. The molecule has 0 bridgehead atoms. The fraction of sp³-hybridized carbons (Fsp3) is 0.435. The molecule has 2 aromatic carbocycles. The second-order valence-corrected chi connectivity index (χ2v) is 7.01. The molecule has 0 aliphatic heterocycles. The number of carbonyl (C=O) groups excluding carboxylic acids is 1. The van der Waals surface area contributed by atoms with Gasteiger partial charge in [-0.25, -0.2) is 0 Å². The first-order chi connectivity index (χ1) is 13.0. The van der Waals surface area contributed by atoms with E-state index in [9.17, 15) is 4.79 Å². The summed E-state index contributed by atoms with van der Waals surface area (Å²) < 4.78 is 10.8. The highest BCUT2D eigenvalue weighted by Gasteiger charge is 2.18. The first-order valence-electron chi connectivity index (χ1n) is 9.68. The molecule has 0 aliphatic carbocycles. The molecule has 0 heterocycles. The molecule has 1 unspecified atom stereocenters. The van der Waals surface area contributed by atoms with Gasteiger partial charge in [-0.2, -0.15) is 0 Å². The number of ether oxygens (including phenoxy) is 2. The zero-order valence-electron chi connectivity index (χ0n) is 16.8. The summed E-state index contributed by atoms with van der Waals surface area (Å²) in [4.78, 5) is 12.4. The smallest absolute Gasteiger partial charge is 0.220 e. The van der Waals surface area contributed by atoms with E-state index in [0.29, 0.717) is 25.4 Å². The summed E-state index contributed by atoms with van der Waals surface area (Å²) >= 11 is 0. The number of benzene rings is 2. The Morgan fingerprint density at radius 2 is 1.63 bits per heavy atom. The van der Waals surface area contributed by atoms with Crippen molar-refractivity contribution in [2.75, 3.05) is 13.7 Å². The van der Waals surface area contributed by atoms with Gasteiger partial charge in [0.05, 0.1) is 19.8 Å². The van der Waals surface area contributed by atoms with E-state index in [4.69, 9.17) is 9.47 Å². The van der Waals surface area contributed by atoms with Gasteiger partial charge in [0.15, 0.2) is 0 Å². The monoisotopic (exact) mass is 369 g/mol. The van der Waals surface area contributed by atoms with E-state index in [1.165, 1.54) is 5.56 Å². The van der Waals surface area contributed by atoms with Crippen LogP contribution < -0.4 is 14.8 Å². The quantitative estimate of drug-likeness (QED) is 0.604. The van der Waals surface area contributed by atoms with Crippen molar-refractivity contribution in [2.24, 2.45) is 5.92 Å². The number of amides is 1. The molecule has 0 aliphatic rings. The van der Waals surface area contributed by atoms with E-state index in [0.717, 1.165) is 23.5 Å². The summed E-state index contributed by atoms with van der Waals surface area (Å²) in [6.07, 6.45) is 2.15. The molecule has 146 valence electrons. The number of hydrogen-bond donors (Lipinski definition) is 1. The third-order valence-electron chi connectivity index (χ3n) is 4.61. The number of methoxy groups -OCH3 is 1. The highest BCUT2D eigenvalue weighted by molar-refractivity contribution is 5.76. The number of aryl methyl sites for hydroxylation is 1. The molecule has 4 heteroatoms. The van der Waals surface area contributed by atoms with Crippen LogP contribution in [0.2, 0.25) is 0 Å². The second kappa shape index (κ2) is 10.6. The Labute approximate surface area is 162 Å². The maximum atomic E-state index is 12.4. The Kier molecular flexibility index (Phi) is 8.18. The minimum Gasteiger partial charge on any atom is -0.497 e. The summed E-state index contributed by atoms with van der Waals surface area (Å²) in [5.41, 5.74) is 2.47. The van der Waals surface area contributed by atoms with Gasteiger partial charge in [-0.3, -0.25) is 4.79 Å². The zero-order valence-corrected chi connectivity index (χ0v) is 16.8. The van der Waals surface area contributed by atoms with Gasteiger partial charge >= 0.3 is 0 Å². The fourth-order valence-electron chi connectivity index (χ4n) is 2.94. The molecule has 0 aromatic heterocycles. The molecular weight excluding hydrogens is 338 g/mol. The lowest BCUT2D eigenvalue weighted by molar-refractivity contribution is -0.122. The van der Waals surface area contributed by atoms with Gasteiger partial charge in [0.1, 0.15) is 11.5 Å². The number of hydrogen-bond acceptors (Lipinski definition) is 3. The highest BCUT2D eigenvalue weighted by Crippen LogP contribution is 2.22. The van der Waals surface area contributed by atoms with Crippen LogP contribution in [-0.4, -0.2) is 19.6 Å². The van der Waals surface area contributed by atoms with Crippen molar-refractivity contribution in [3.63, 3.8) is 0 Å². The summed E-state index contributed by atoms with van der Waals surface area (Å²) in [7, 11) is 1.64. The van der Waals surface area contributed by atoms with Gasteiger partial charge in [-0.05, 0) is 54.2 Å². The Morgan fingerprint density at radius 1 is 1.00 bits per heavy atom. The molecule has 2 aromatic rings. The fourth-order valence-corrected chi connectivity index (χ4v) is 2.94. The van der Waals surface area contributed by atoms with Crippen LogP contribution >= 0.6 is 0 Å². The van der Waals surface area contributed by atoms with Crippen LogP contribution in [0.5, 0.6) is 11.5 Å². The van der Waals surface area contributed by atoms with Crippen molar-refractivity contribution >= 4 is 5.91 Å². The Bertz CT molecular complexity index is 693. The predicted octanol–water partition coefficient (Wildman–Crippen LogP) is 4.93. The normalized spacial score (nSPS) is 11.9. The third kappa shape index (κ3) is 6.63. The predicted molar refractivity (Wildman–Crippen MR) is 109 cm³/mol. The van der Waals surface area contributed by atoms with E-state index in [1.54, 1.807) is 7.11 Å². The van der Waals surface area contributed by atoms with Gasteiger partial charge < -0.3 is 14.8 Å². The Morgan fingerprint density at radius 3 is 2.19 bits per heavy atom. The molecular formula is C23H31NO3. The lowest BCUT2D eigenvalue weighted by Gasteiger charge is -2.23. The van der Waals surface area contributed by atoms with E-state index in [1.807, 2.05) is 24.3 Å². The SMILES string of the molecule is CCc1ccc(C(NC(=O)CCCOc2ccc(OC)cc2)C(C)C)cc1. The first kappa shape index (κ1) is 20.8. The molecule has 0 radical (unpaired) electrons. The van der Waals surface area contributed by atoms with Crippen LogP contribution in [0, 0.1) is 5.92 Å². The topological polar surface area (TPSA) is 47.6 Å². The molecule has 27 heavy (non-hydrogen) atoms. The van der Waals surface area contributed by atoms with Crippen LogP contribution in [-0.2, 0) is 11.2 Å². The van der Waals surface area contributed by atoms with Crippen LogP contribution in [0.25, 0.3) is 0 Å². The minimum absolute atomic E-state index is 0.0333. The van der Waals surface area contributed by atoms with Gasteiger partial charge in [-0.15, -0.1) is 0 Å². The lowest BCUT2D eigenvalue weighted by atomic mass is 9.94. The summed E-state index contributed by atoms with van der Waals surface area (Å²) in [5, 5.41) is 3.17. The molecule has 4 nitrogen and oxygen atoms in total. The molecule has 2 rings (SSSR count). The molecule has 0 fully saturated rings. The van der Waals surface area contributed by atoms with Crippen molar-refractivity contribution in [3.8, 4) is 11.5 Å². The molecule has 1 N–H and O–H groups in total. The largest absolute Gasteiger partial charge is 0.497 e. The number of carbonyl (C=O) groups is 1. The molecule has 1 atom stereocenters. The maximum Gasteiger partial charge on any atom is 0.220 e. The number of nitrogens with one attached hydrogen (secondary N) is 1. The minimum atomic E-state index is 0.0333. The van der Waals surface area contributed by atoms with Gasteiger partial charge in [0.2, 0.25) is 5.91 Å². The number of rotatable bonds is 10. The van der Waals surface area contributed by atoms with Crippen molar-refractivity contribution in [2.45, 2.75) is 46.1 Å². The molecule has 1 amide bonds. The van der Waals surface area contributed by atoms with E-state index >= 15 is 0 Å². The van der Waals surface area contributed by atoms with Crippen LogP contribution in [0.3, 0.4) is 0 Å². The molecule has 0 saturated heterocycles. The summed E-state index contributed by atoms with van der Waals surface area (Å²) in [6.45, 7) is 6.92. The molecule has 0 saturated carbocycles. The van der Waals surface area contributed by atoms with Crippen molar-refractivity contribution in [1.29, 1.82) is 0 Å². The zero-order chi connectivity index (χ0) is 19.6. The van der Waals surface area contributed by atoms with E-state index in [2.05, 4.69) is 50.4 Å². The van der Waals surface area contributed by atoms with Gasteiger partial charge in [0.25, 0.3) is 0 Å². The van der Waals surface area contributed by atoms with Crippen molar-refractivity contribution in [1.82, 2.24) is 5.32 Å². The first-order valence-corrected chi connectivity index (χ1v) is 9.68. The highest BCUT2D eigenvalue weighted by atomic mass is 16.5. The maximum absolute atomic E-state index is 12.4. The second-order valence-electron chi connectivity index (χ2n) is 7.01. The average molecular weight is 370 g/mol. The standard InChI is InChI=1S/C23H31NO3/c1-5-18-8-10-19(11-9-18)23(17(2)3)24-22(25)7-6-16-27-21-14-12-20(26-4)13-15-21/h8-15,17,23H,5-7,16H2,1-4H3,(H,24,25). The van der Waals surface area contributed by atoms with E-state index < -0.39 is 0 Å². The van der Waals surface area contributed by atoms with Crippen molar-refractivity contribution < 1.29 is 14.3 Å². The molecule has 0 spiro atoms. The van der Waals surface area contributed by atoms with Crippen LogP contribution in [0.4, 0.5) is 0 Å². The lowest BCUT2D eigenvalue weighted by Crippen LogP contribution is -2.31. The van der Waals surface area contributed by atoms with Gasteiger partial charge in [-0.1, -0.05) is 45.0 Å².